The number of urea groups is 1. The molecule has 2 amide bonds. The molecule has 0 aromatic heterocycles. The minimum atomic E-state index is -3.47. The van der Waals surface area contributed by atoms with Crippen LogP contribution in [0.3, 0.4) is 0 Å². The zero-order valence-electron chi connectivity index (χ0n) is 9.72. The molecule has 0 saturated heterocycles. The zero-order chi connectivity index (χ0) is 13.6. The summed E-state index contributed by atoms with van der Waals surface area (Å²) in [5.41, 5.74) is 6.66. The first-order chi connectivity index (χ1) is 8.37. The largest absolute Gasteiger partial charge is 0.399 e. The average Bonchev–Trinajstić information content (AvgIpc) is 2.23. The first-order valence-electron chi connectivity index (χ1n) is 5.28. The van der Waals surface area contributed by atoms with Crippen LogP contribution in [0.15, 0.2) is 24.3 Å². The Morgan fingerprint density at radius 2 is 2.06 bits per heavy atom. The average molecular weight is 272 g/mol. The topological polar surface area (TPSA) is 127 Å². The van der Waals surface area contributed by atoms with Gasteiger partial charge in [0.25, 0.3) is 0 Å². The second kappa shape index (κ2) is 6.22. The third kappa shape index (κ3) is 6.06. The van der Waals surface area contributed by atoms with Gasteiger partial charge in [0.15, 0.2) is 0 Å². The Morgan fingerprint density at radius 1 is 1.33 bits per heavy atom. The third-order valence-electron chi connectivity index (χ3n) is 2.04. The van der Waals surface area contributed by atoms with E-state index in [-0.39, 0.29) is 18.7 Å². The first kappa shape index (κ1) is 14.3. The molecule has 1 aromatic carbocycles. The normalized spacial score (nSPS) is 10.9. The van der Waals surface area contributed by atoms with Gasteiger partial charge >= 0.3 is 6.03 Å². The van der Waals surface area contributed by atoms with Crippen molar-refractivity contribution in [2.24, 2.45) is 5.14 Å². The molecule has 0 unspecified atom stereocenters. The van der Waals surface area contributed by atoms with E-state index in [4.69, 9.17) is 10.9 Å². The van der Waals surface area contributed by atoms with Crippen LogP contribution < -0.4 is 21.5 Å². The maximum absolute atomic E-state index is 11.4. The summed E-state index contributed by atoms with van der Waals surface area (Å²) < 4.78 is 21.3. The van der Waals surface area contributed by atoms with E-state index in [1.807, 2.05) is 0 Å². The van der Waals surface area contributed by atoms with E-state index >= 15 is 0 Å². The number of carbonyl (C=O) groups excluding carboxylic acids is 1. The van der Waals surface area contributed by atoms with Crippen molar-refractivity contribution in [1.82, 2.24) is 5.32 Å². The Kier molecular flexibility index (Phi) is 4.93. The van der Waals surface area contributed by atoms with Crippen LogP contribution in [-0.2, 0) is 10.0 Å². The van der Waals surface area contributed by atoms with Crippen molar-refractivity contribution >= 4 is 27.4 Å². The number of hydrogen-bond acceptors (Lipinski definition) is 4. The number of hydrogen-bond donors (Lipinski definition) is 4. The predicted octanol–water partition coefficient (Wildman–Crippen LogP) is 0.0689. The lowest BCUT2D eigenvalue weighted by Gasteiger charge is -2.07. The van der Waals surface area contributed by atoms with Crippen LogP contribution in [0.1, 0.15) is 6.42 Å². The van der Waals surface area contributed by atoms with E-state index in [1.54, 1.807) is 24.3 Å². The summed E-state index contributed by atoms with van der Waals surface area (Å²) in [6.07, 6.45) is 0.267. The molecule has 8 heteroatoms. The molecule has 1 aromatic rings. The molecule has 100 valence electrons. The van der Waals surface area contributed by atoms with Crippen LogP contribution in [0, 0.1) is 0 Å². The van der Waals surface area contributed by atoms with Gasteiger partial charge in [-0.1, -0.05) is 6.07 Å². The van der Waals surface area contributed by atoms with E-state index in [1.165, 1.54) is 0 Å². The summed E-state index contributed by atoms with van der Waals surface area (Å²) in [5, 5.41) is 9.90. The molecule has 6 N–H and O–H groups in total. The fourth-order valence-corrected chi connectivity index (χ4v) is 1.81. The highest BCUT2D eigenvalue weighted by Crippen LogP contribution is 2.11. The zero-order valence-corrected chi connectivity index (χ0v) is 10.5. The molecule has 0 saturated carbocycles. The van der Waals surface area contributed by atoms with Gasteiger partial charge in [-0.25, -0.2) is 18.4 Å². The molecular formula is C10H16N4O3S. The first-order valence-corrected chi connectivity index (χ1v) is 6.99. The molecule has 0 heterocycles. The number of sulfonamides is 1. The van der Waals surface area contributed by atoms with Crippen molar-refractivity contribution in [1.29, 1.82) is 0 Å². The summed E-state index contributed by atoms with van der Waals surface area (Å²) in [4.78, 5) is 11.4. The van der Waals surface area contributed by atoms with Crippen LogP contribution in [0.4, 0.5) is 16.2 Å². The molecule has 18 heavy (non-hydrogen) atoms. The second-order valence-corrected chi connectivity index (χ2v) is 5.46. The molecule has 0 radical (unpaired) electrons. The Morgan fingerprint density at radius 3 is 2.67 bits per heavy atom. The van der Waals surface area contributed by atoms with Crippen molar-refractivity contribution in [2.45, 2.75) is 6.42 Å². The summed E-state index contributed by atoms with van der Waals surface area (Å²) in [6, 6.07) is 6.31. The van der Waals surface area contributed by atoms with Crippen LogP contribution in [0.25, 0.3) is 0 Å². The van der Waals surface area contributed by atoms with E-state index in [0.29, 0.717) is 11.4 Å². The highest BCUT2D eigenvalue weighted by molar-refractivity contribution is 7.89. The molecule has 0 atom stereocenters. The molecule has 0 aliphatic rings. The lowest BCUT2D eigenvalue weighted by molar-refractivity contribution is 0.252. The van der Waals surface area contributed by atoms with Crippen molar-refractivity contribution in [3.63, 3.8) is 0 Å². The Balaban J connectivity index is 2.30. The van der Waals surface area contributed by atoms with Gasteiger partial charge in [0, 0.05) is 17.9 Å². The van der Waals surface area contributed by atoms with E-state index in [9.17, 15) is 13.2 Å². The number of nitrogen functional groups attached to an aromatic ring is 1. The number of anilines is 2. The Bertz CT molecular complexity index is 516. The number of carbonyl (C=O) groups is 1. The fraction of sp³-hybridized carbons (Fsp3) is 0.300. The highest BCUT2D eigenvalue weighted by atomic mass is 32.2. The van der Waals surface area contributed by atoms with E-state index < -0.39 is 16.1 Å². The number of benzene rings is 1. The molecule has 0 spiro atoms. The van der Waals surface area contributed by atoms with Gasteiger partial charge in [0.05, 0.1) is 5.75 Å². The van der Waals surface area contributed by atoms with Crippen LogP contribution >= 0.6 is 0 Å². The van der Waals surface area contributed by atoms with Crippen molar-refractivity contribution < 1.29 is 13.2 Å². The van der Waals surface area contributed by atoms with Crippen molar-refractivity contribution in [3.8, 4) is 0 Å². The molecule has 0 bridgehead atoms. The van der Waals surface area contributed by atoms with Crippen LogP contribution in [0.2, 0.25) is 0 Å². The maximum Gasteiger partial charge on any atom is 0.319 e. The quantitative estimate of drug-likeness (QED) is 0.446. The van der Waals surface area contributed by atoms with Gasteiger partial charge < -0.3 is 16.4 Å². The van der Waals surface area contributed by atoms with Gasteiger partial charge in [-0.05, 0) is 24.6 Å². The van der Waals surface area contributed by atoms with Crippen molar-refractivity contribution in [3.05, 3.63) is 24.3 Å². The maximum atomic E-state index is 11.4. The number of nitrogens with two attached hydrogens (primary N) is 2. The predicted molar refractivity (Wildman–Crippen MR) is 70.5 cm³/mol. The van der Waals surface area contributed by atoms with E-state index in [2.05, 4.69) is 10.6 Å². The van der Waals surface area contributed by atoms with Gasteiger partial charge in [0.1, 0.15) is 0 Å². The summed E-state index contributed by atoms with van der Waals surface area (Å²) >= 11 is 0. The Labute approximate surface area is 106 Å². The van der Waals surface area contributed by atoms with Crippen molar-refractivity contribution in [2.75, 3.05) is 23.3 Å². The second-order valence-electron chi connectivity index (χ2n) is 3.73. The lowest BCUT2D eigenvalue weighted by Crippen LogP contribution is -2.31. The van der Waals surface area contributed by atoms with Gasteiger partial charge in [-0.3, -0.25) is 0 Å². The molecule has 0 fully saturated rings. The minimum absolute atomic E-state index is 0.161. The number of rotatable bonds is 5. The number of primary sulfonamides is 1. The summed E-state index contributed by atoms with van der Waals surface area (Å²) in [7, 11) is -3.47. The SMILES string of the molecule is Nc1cccc(NC(=O)NCCCS(N)(=O)=O)c1. The van der Waals surface area contributed by atoms with Gasteiger partial charge in [-0.2, -0.15) is 0 Å². The van der Waals surface area contributed by atoms with Gasteiger partial charge in [-0.15, -0.1) is 0 Å². The molecule has 0 aliphatic heterocycles. The smallest absolute Gasteiger partial charge is 0.319 e. The molecular weight excluding hydrogens is 256 g/mol. The summed E-state index contributed by atoms with van der Waals surface area (Å²) in [6.45, 7) is 0.227. The monoisotopic (exact) mass is 272 g/mol. The third-order valence-corrected chi connectivity index (χ3v) is 2.89. The molecule has 7 nitrogen and oxygen atoms in total. The van der Waals surface area contributed by atoms with Crippen LogP contribution in [0.5, 0.6) is 0 Å². The summed E-state index contributed by atoms with van der Waals surface area (Å²) in [5.74, 6) is -0.161. The van der Waals surface area contributed by atoms with Crippen LogP contribution in [-0.4, -0.2) is 26.7 Å². The highest BCUT2D eigenvalue weighted by Gasteiger charge is 2.04. The number of nitrogens with one attached hydrogen (secondary N) is 2. The van der Waals surface area contributed by atoms with E-state index in [0.717, 1.165) is 0 Å². The minimum Gasteiger partial charge on any atom is -0.399 e. The van der Waals surface area contributed by atoms with Gasteiger partial charge in [0.2, 0.25) is 10.0 Å². The molecule has 1 rings (SSSR count). The number of amides is 2. The Hall–Kier alpha value is -1.80. The fourth-order valence-electron chi connectivity index (χ4n) is 1.27. The standard InChI is InChI=1S/C10H16N4O3S/c11-8-3-1-4-9(7-8)14-10(15)13-5-2-6-18(12,16)17/h1,3-4,7H,2,5-6,11H2,(H2,12,16,17)(H2,13,14,15). The molecule has 0 aliphatic carbocycles. The lowest BCUT2D eigenvalue weighted by atomic mass is 10.3.